The van der Waals surface area contributed by atoms with Crippen LogP contribution in [0.2, 0.25) is 0 Å². The van der Waals surface area contributed by atoms with E-state index in [0.29, 0.717) is 11.5 Å². The molecule has 0 radical (unpaired) electrons. The molecule has 0 heterocycles. The summed E-state index contributed by atoms with van der Waals surface area (Å²) < 4.78 is 117. The van der Waals surface area contributed by atoms with Crippen molar-refractivity contribution in [2.45, 2.75) is 9.79 Å². The fourth-order valence-corrected chi connectivity index (χ4v) is 5.07. The number of nitrogens with two attached hydrogens (primary N) is 1. The Hall–Kier alpha value is -3.33. The average Bonchev–Trinajstić information content (AvgIpc) is 2.76. The number of azo groups is 1. The molecule has 0 aliphatic rings. The number of fused-ring (bicyclic) bond motifs is 1. The van der Waals surface area contributed by atoms with Crippen molar-refractivity contribution < 1.29 is 51.2 Å². The second-order valence-electron chi connectivity index (χ2n) is 6.80. The smallest absolute Gasteiger partial charge is 0.397 e. The zero-order valence-electron chi connectivity index (χ0n) is 18.2. The molecule has 0 amide bonds. The summed E-state index contributed by atoms with van der Waals surface area (Å²) in [5, 5.41) is 9.28. The van der Waals surface area contributed by atoms with Crippen LogP contribution in [0, 0.1) is 0 Å². The van der Waals surface area contributed by atoms with Gasteiger partial charge in [0.05, 0.1) is 22.9 Å². The Balaban J connectivity index is 0.00000112. The fourth-order valence-electron chi connectivity index (χ4n) is 2.83. The zero-order chi connectivity index (χ0) is 28.0. The predicted molar refractivity (Wildman–Crippen MR) is 128 cm³/mol. The van der Waals surface area contributed by atoms with Crippen molar-refractivity contribution in [1.29, 1.82) is 0 Å². The van der Waals surface area contributed by atoms with Crippen LogP contribution in [0.3, 0.4) is 0 Å². The molecule has 3 aromatic carbocycles. The lowest BCUT2D eigenvalue weighted by Crippen LogP contribution is -2.16. The first kappa shape index (κ1) is 29.9. The first-order valence-corrected chi connectivity index (χ1v) is 14.9. The molecule has 0 saturated heterocycles. The Kier molecular flexibility index (Phi) is 9.54. The monoisotopic (exact) mass is 595 g/mol. The minimum absolute atomic E-state index is 0.244. The minimum Gasteiger partial charge on any atom is -0.397 e. The van der Waals surface area contributed by atoms with E-state index in [1.165, 1.54) is 0 Å². The summed E-state index contributed by atoms with van der Waals surface area (Å²) in [6.45, 7) is -0.913. The van der Waals surface area contributed by atoms with Crippen molar-refractivity contribution in [2.24, 2.45) is 10.2 Å². The highest BCUT2D eigenvalue weighted by Gasteiger charge is 2.23. The van der Waals surface area contributed by atoms with E-state index >= 15 is 0 Å². The van der Waals surface area contributed by atoms with Crippen LogP contribution in [-0.4, -0.2) is 59.3 Å². The summed E-state index contributed by atoms with van der Waals surface area (Å²) in [6, 6.07) is 13.1. The number of sulfone groups is 1. The van der Waals surface area contributed by atoms with Gasteiger partial charge < -0.3 is 5.73 Å². The Labute approximate surface area is 212 Å². The van der Waals surface area contributed by atoms with E-state index < -0.39 is 63.1 Å². The second kappa shape index (κ2) is 11.8. The Morgan fingerprint density at radius 3 is 2.08 bits per heavy atom. The molecular weight excluding hydrogens is 578 g/mol. The third-order valence-corrected chi connectivity index (χ3v) is 7.37. The van der Waals surface area contributed by atoms with E-state index in [-0.39, 0.29) is 17.1 Å². The molecule has 19 heteroatoms. The molecule has 0 fully saturated rings. The lowest BCUT2D eigenvalue weighted by atomic mass is 10.1. The Morgan fingerprint density at radius 1 is 0.865 bits per heavy atom. The van der Waals surface area contributed by atoms with Gasteiger partial charge in [0.1, 0.15) is 16.3 Å². The predicted octanol–water partition coefficient (Wildman–Crippen LogP) is 1.67. The number of rotatable bonds is 8. The van der Waals surface area contributed by atoms with E-state index in [0.717, 1.165) is 17.5 Å². The van der Waals surface area contributed by atoms with Crippen LogP contribution < -0.4 is 5.73 Å². The Bertz CT molecular complexity index is 1780. The van der Waals surface area contributed by atoms with E-state index in [9.17, 15) is 29.8 Å². The molecule has 4 N–H and O–H groups in total. The molecule has 0 saturated carbocycles. The van der Waals surface area contributed by atoms with Crippen LogP contribution in [0.25, 0.3) is 10.8 Å². The van der Waals surface area contributed by atoms with Gasteiger partial charge in [0.15, 0.2) is 9.84 Å². The number of nitrogens with zero attached hydrogens (tertiary/aromatic N) is 2. The van der Waals surface area contributed by atoms with Gasteiger partial charge in [-0.2, -0.15) is 16.8 Å². The highest BCUT2D eigenvalue weighted by Crippen LogP contribution is 2.35. The van der Waals surface area contributed by atoms with Crippen molar-refractivity contribution in [1.82, 2.24) is 0 Å². The van der Waals surface area contributed by atoms with Crippen molar-refractivity contribution >= 4 is 68.8 Å². The lowest BCUT2D eigenvalue weighted by Gasteiger charge is -2.08. The molecular formula is C18H17N3O12S4. The van der Waals surface area contributed by atoms with Crippen LogP contribution >= 0.6 is 0 Å². The number of benzene rings is 3. The van der Waals surface area contributed by atoms with Crippen LogP contribution in [0.1, 0.15) is 0 Å². The van der Waals surface area contributed by atoms with Gasteiger partial charge in [-0.25, -0.2) is 12.6 Å². The lowest BCUT2D eigenvalue weighted by molar-refractivity contribution is 0.284. The van der Waals surface area contributed by atoms with Gasteiger partial charge in [0.25, 0.3) is 10.1 Å². The molecule has 0 spiro atoms. The summed E-state index contributed by atoms with van der Waals surface area (Å²) >= 11 is 0. The van der Waals surface area contributed by atoms with Gasteiger partial charge in [0, 0.05) is 5.39 Å². The number of hydrogen-bond acceptors (Lipinski definition) is 13. The van der Waals surface area contributed by atoms with Gasteiger partial charge in [0.2, 0.25) is 0 Å². The van der Waals surface area contributed by atoms with Crippen LogP contribution in [0.5, 0.6) is 0 Å². The molecule has 0 aliphatic carbocycles. The maximum atomic E-state index is 12.4. The first-order valence-electron chi connectivity index (χ1n) is 9.43. The molecule has 15 nitrogen and oxygen atoms in total. The van der Waals surface area contributed by atoms with Crippen LogP contribution in [0.4, 0.5) is 17.1 Å². The topological polar surface area (TPSA) is 254 Å². The van der Waals surface area contributed by atoms with E-state index in [4.69, 9.17) is 22.9 Å². The summed E-state index contributed by atoms with van der Waals surface area (Å²) in [6.07, 6.45) is 0. The van der Waals surface area contributed by atoms with Crippen molar-refractivity contribution in [3.8, 4) is 0 Å². The molecule has 37 heavy (non-hydrogen) atoms. The maximum Gasteiger partial charge on any atom is 0.425 e. The normalized spacial score (nSPS) is 12.3. The van der Waals surface area contributed by atoms with E-state index in [1.807, 2.05) is 6.07 Å². The third kappa shape index (κ3) is 8.93. The quantitative estimate of drug-likeness (QED) is 0.190. The molecule has 3 aromatic rings. The molecule has 0 aliphatic heterocycles. The number of anilines is 1. The van der Waals surface area contributed by atoms with Crippen LogP contribution in [-0.2, 0) is 45.1 Å². The standard InChI is InChI=1S/C18H17N3O9S3.O3S/c19-15-7-5-12-3-1-2-4-14(12)18(15)21-20-16-8-6-13(11-17(16)32(24,25)26)31(22,23)10-9-30-33(27,28)29;1-4(2)3/h1-8,11H,9-10,19H2,(H,24,25,26)(H,27,28,29);. The highest BCUT2D eigenvalue weighted by atomic mass is 32.3. The van der Waals surface area contributed by atoms with Gasteiger partial charge in [-0.3, -0.25) is 9.11 Å². The summed E-state index contributed by atoms with van der Waals surface area (Å²) in [5.41, 5.74) is 6.09. The number of nitrogen functional groups attached to an aromatic ring is 1. The van der Waals surface area contributed by atoms with E-state index in [1.54, 1.807) is 30.3 Å². The van der Waals surface area contributed by atoms with Crippen molar-refractivity contribution in [2.75, 3.05) is 18.1 Å². The van der Waals surface area contributed by atoms with Crippen molar-refractivity contribution in [3.63, 3.8) is 0 Å². The SMILES string of the molecule is Nc1ccc2ccccc2c1N=Nc1ccc(S(=O)(=O)CCOS(=O)(=O)O)cc1S(=O)(=O)O.O=S(=O)=O. The summed E-state index contributed by atoms with van der Waals surface area (Å²) in [5.74, 6) is -0.898. The van der Waals surface area contributed by atoms with Crippen LogP contribution in [0.15, 0.2) is 74.6 Å². The molecule has 0 aromatic heterocycles. The molecule has 0 atom stereocenters. The highest BCUT2D eigenvalue weighted by molar-refractivity contribution is 7.91. The second-order valence-corrected chi connectivity index (χ2v) is 11.8. The van der Waals surface area contributed by atoms with Gasteiger partial charge >= 0.3 is 21.0 Å². The summed E-state index contributed by atoms with van der Waals surface area (Å²) in [7, 11) is -17.2. The third-order valence-electron chi connectivity index (χ3n) is 4.34. The van der Waals surface area contributed by atoms with Crippen molar-refractivity contribution in [3.05, 3.63) is 54.6 Å². The summed E-state index contributed by atoms with van der Waals surface area (Å²) in [4.78, 5) is -1.40. The minimum atomic E-state index is -4.93. The molecule has 3 rings (SSSR count). The zero-order valence-corrected chi connectivity index (χ0v) is 21.5. The fraction of sp³-hybridized carbons (Fsp3) is 0.111. The number of hydrogen-bond donors (Lipinski definition) is 3. The Morgan fingerprint density at radius 2 is 1.49 bits per heavy atom. The van der Waals surface area contributed by atoms with Gasteiger partial charge in [-0.15, -0.1) is 22.9 Å². The average molecular weight is 596 g/mol. The van der Waals surface area contributed by atoms with Gasteiger partial charge in [-0.05, 0) is 29.7 Å². The molecule has 0 unspecified atom stereocenters. The first-order chi connectivity index (χ1) is 17.0. The molecule has 200 valence electrons. The van der Waals surface area contributed by atoms with Gasteiger partial charge in [-0.1, -0.05) is 30.3 Å². The van der Waals surface area contributed by atoms with E-state index in [2.05, 4.69) is 14.4 Å². The maximum absolute atomic E-state index is 12.4. The largest absolute Gasteiger partial charge is 0.425 e. The molecule has 0 bridgehead atoms.